The third-order valence-electron chi connectivity index (χ3n) is 1.51. The maximum absolute atomic E-state index is 5.51. The van der Waals surface area contributed by atoms with E-state index in [9.17, 15) is 0 Å². The second kappa shape index (κ2) is 3.38. The first-order valence-corrected chi connectivity index (χ1v) is 4.00. The number of anilines is 1. The smallest absolute Gasteiger partial charge is 0.180 e. The molecule has 2 heterocycles. The maximum atomic E-state index is 5.51. The van der Waals surface area contributed by atoms with Crippen LogP contribution in [0.3, 0.4) is 0 Å². The standard InChI is InChI=1S/C6H8N2OS.ClH/c7-6-8-4-1-2-9-3-5(4)10-6;/h1-3H2,(H2,7,8);1H. The number of aromatic nitrogens is 1. The fraction of sp³-hybridized carbons (Fsp3) is 0.500. The zero-order valence-electron chi connectivity index (χ0n) is 5.87. The van der Waals surface area contributed by atoms with Gasteiger partial charge in [0.25, 0.3) is 0 Å². The molecule has 3 nitrogen and oxygen atoms in total. The van der Waals surface area contributed by atoms with E-state index in [1.807, 2.05) is 0 Å². The molecule has 0 saturated carbocycles. The summed E-state index contributed by atoms with van der Waals surface area (Å²) in [5.74, 6) is 0. The summed E-state index contributed by atoms with van der Waals surface area (Å²) in [6.07, 6.45) is 0.920. The van der Waals surface area contributed by atoms with Gasteiger partial charge >= 0.3 is 0 Å². The average molecular weight is 193 g/mol. The number of hydrogen-bond acceptors (Lipinski definition) is 4. The molecule has 0 saturated heterocycles. The Hall–Kier alpha value is -0.320. The third-order valence-corrected chi connectivity index (χ3v) is 2.41. The highest BCUT2D eigenvalue weighted by Crippen LogP contribution is 2.24. The molecule has 2 N–H and O–H groups in total. The number of ether oxygens (including phenoxy) is 1. The number of nitrogen functional groups attached to an aromatic ring is 1. The number of nitrogens with two attached hydrogens (primary N) is 1. The largest absolute Gasteiger partial charge is 0.375 e. The van der Waals surface area contributed by atoms with Crippen LogP contribution in [0.4, 0.5) is 5.13 Å². The molecule has 11 heavy (non-hydrogen) atoms. The van der Waals surface area contributed by atoms with E-state index in [1.54, 1.807) is 0 Å². The molecule has 0 aliphatic carbocycles. The normalized spacial score (nSPS) is 15.3. The van der Waals surface area contributed by atoms with E-state index < -0.39 is 0 Å². The van der Waals surface area contributed by atoms with Gasteiger partial charge in [-0.3, -0.25) is 0 Å². The number of hydrogen-bond donors (Lipinski definition) is 1. The quantitative estimate of drug-likeness (QED) is 0.673. The second-order valence-corrected chi connectivity index (χ2v) is 3.34. The molecule has 5 heteroatoms. The van der Waals surface area contributed by atoms with Gasteiger partial charge in [0.05, 0.1) is 23.8 Å². The molecular formula is C6H9ClN2OS. The van der Waals surface area contributed by atoms with Gasteiger partial charge in [-0.25, -0.2) is 4.98 Å². The fourth-order valence-electron chi connectivity index (χ4n) is 1.05. The molecule has 1 aliphatic rings. The van der Waals surface area contributed by atoms with Crippen molar-refractivity contribution >= 4 is 28.9 Å². The highest BCUT2D eigenvalue weighted by Gasteiger charge is 2.13. The van der Waals surface area contributed by atoms with E-state index in [0.717, 1.165) is 18.7 Å². The van der Waals surface area contributed by atoms with Gasteiger partial charge in [-0.1, -0.05) is 11.3 Å². The van der Waals surface area contributed by atoms with Crippen LogP contribution >= 0.6 is 23.7 Å². The van der Waals surface area contributed by atoms with Crippen molar-refractivity contribution in [2.75, 3.05) is 12.3 Å². The third kappa shape index (κ3) is 1.64. The van der Waals surface area contributed by atoms with Gasteiger partial charge in [0.2, 0.25) is 0 Å². The van der Waals surface area contributed by atoms with Crippen molar-refractivity contribution in [1.29, 1.82) is 0 Å². The lowest BCUT2D eigenvalue weighted by atomic mass is 10.2. The summed E-state index contributed by atoms with van der Waals surface area (Å²) >= 11 is 1.53. The van der Waals surface area contributed by atoms with Crippen LogP contribution in [0.5, 0.6) is 0 Å². The van der Waals surface area contributed by atoms with Crippen LogP contribution < -0.4 is 5.73 Å². The number of halogens is 1. The summed E-state index contributed by atoms with van der Waals surface area (Å²) in [5.41, 5.74) is 6.64. The van der Waals surface area contributed by atoms with Gasteiger partial charge in [-0.2, -0.15) is 0 Å². The van der Waals surface area contributed by atoms with Crippen molar-refractivity contribution in [1.82, 2.24) is 4.98 Å². The first-order valence-electron chi connectivity index (χ1n) is 3.18. The minimum Gasteiger partial charge on any atom is -0.375 e. The van der Waals surface area contributed by atoms with Crippen LogP contribution in [0.25, 0.3) is 0 Å². The summed E-state index contributed by atoms with van der Waals surface area (Å²) in [4.78, 5) is 5.37. The summed E-state index contributed by atoms with van der Waals surface area (Å²) < 4.78 is 5.22. The topological polar surface area (TPSA) is 48.1 Å². The van der Waals surface area contributed by atoms with Crippen molar-refractivity contribution in [2.24, 2.45) is 0 Å². The molecule has 0 unspecified atom stereocenters. The highest BCUT2D eigenvalue weighted by atomic mass is 35.5. The first kappa shape index (κ1) is 8.77. The van der Waals surface area contributed by atoms with E-state index in [4.69, 9.17) is 10.5 Å². The van der Waals surface area contributed by atoms with E-state index >= 15 is 0 Å². The summed E-state index contributed by atoms with van der Waals surface area (Å²) in [6.45, 7) is 1.49. The molecular weight excluding hydrogens is 184 g/mol. The predicted octanol–water partition coefficient (Wildman–Crippen LogP) is 1.22. The van der Waals surface area contributed by atoms with Crippen LogP contribution in [0.2, 0.25) is 0 Å². The van der Waals surface area contributed by atoms with Gasteiger partial charge in [-0.05, 0) is 0 Å². The number of thiazole rings is 1. The molecule has 0 amide bonds. The van der Waals surface area contributed by atoms with Crippen molar-refractivity contribution in [3.63, 3.8) is 0 Å². The molecule has 0 fully saturated rings. The van der Waals surface area contributed by atoms with Crippen molar-refractivity contribution < 1.29 is 4.74 Å². The van der Waals surface area contributed by atoms with Gasteiger partial charge in [0.15, 0.2) is 5.13 Å². The summed E-state index contributed by atoms with van der Waals surface area (Å²) in [5, 5.41) is 0.663. The van der Waals surface area contributed by atoms with E-state index in [0.29, 0.717) is 11.7 Å². The Morgan fingerprint density at radius 1 is 1.55 bits per heavy atom. The minimum absolute atomic E-state index is 0. The Bertz CT molecular complexity index is 227. The van der Waals surface area contributed by atoms with Crippen molar-refractivity contribution in [3.8, 4) is 0 Å². The zero-order chi connectivity index (χ0) is 6.97. The van der Waals surface area contributed by atoms with Gasteiger partial charge < -0.3 is 10.5 Å². The highest BCUT2D eigenvalue weighted by molar-refractivity contribution is 7.15. The molecule has 0 aromatic carbocycles. The van der Waals surface area contributed by atoms with Gasteiger partial charge in [-0.15, -0.1) is 12.4 Å². The molecule has 1 aromatic heterocycles. The lowest BCUT2D eigenvalue weighted by molar-refractivity contribution is 0.112. The van der Waals surface area contributed by atoms with E-state index in [-0.39, 0.29) is 12.4 Å². The lowest BCUT2D eigenvalue weighted by Gasteiger charge is -2.08. The molecule has 62 valence electrons. The van der Waals surface area contributed by atoms with Crippen LogP contribution in [0, 0.1) is 0 Å². The molecule has 2 rings (SSSR count). The Morgan fingerprint density at radius 2 is 2.36 bits per heavy atom. The lowest BCUT2D eigenvalue weighted by Crippen LogP contribution is -2.07. The molecule has 0 bridgehead atoms. The maximum Gasteiger partial charge on any atom is 0.180 e. The summed E-state index contributed by atoms with van der Waals surface area (Å²) in [6, 6.07) is 0. The molecule has 1 aliphatic heterocycles. The number of fused-ring (bicyclic) bond motifs is 1. The summed E-state index contributed by atoms with van der Waals surface area (Å²) in [7, 11) is 0. The van der Waals surface area contributed by atoms with E-state index in [1.165, 1.54) is 16.2 Å². The number of rotatable bonds is 0. The molecule has 0 spiro atoms. The fourth-order valence-corrected chi connectivity index (χ4v) is 1.86. The van der Waals surface area contributed by atoms with E-state index in [2.05, 4.69) is 4.98 Å². The van der Waals surface area contributed by atoms with Crippen molar-refractivity contribution in [2.45, 2.75) is 13.0 Å². The Balaban J connectivity index is 0.000000605. The van der Waals surface area contributed by atoms with Gasteiger partial charge in [0, 0.05) is 6.42 Å². The van der Waals surface area contributed by atoms with Gasteiger partial charge in [0.1, 0.15) is 0 Å². The van der Waals surface area contributed by atoms with Crippen LogP contribution in [-0.4, -0.2) is 11.6 Å². The SMILES string of the molecule is Cl.Nc1nc2c(s1)COCC2. The first-order chi connectivity index (χ1) is 4.86. The average Bonchev–Trinajstić information content (AvgIpc) is 2.27. The monoisotopic (exact) mass is 192 g/mol. The Kier molecular flexibility index (Phi) is 2.70. The molecule has 1 aromatic rings. The van der Waals surface area contributed by atoms with Crippen LogP contribution in [-0.2, 0) is 17.8 Å². The van der Waals surface area contributed by atoms with Crippen molar-refractivity contribution in [3.05, 3.63) is 10.6 Å². The Morgan fingerprint density at radius 3 is 3.09 bits per heavy atom. The Labute approximate surface area is 75.0 Å². The minimum atomic E-state index is 0. The number of nitrogens with zero attached hydrogens (tertiary/aromatic N) is 1. The predicted molar refractivity (Wildman–Crippen MR) is 47.1 cm³/mol. The second-order valence-electron chi connectivity index (χ2n) is 2.22. The molecule has 0 radical (unpaired) electrons. The van der Waals surface area contributed by atoms with Crippen LogP contribution in [0.1, 0.15) is 10.6 Å². The zero-order valence-corrected chi connectivity index (χ0v) is 7.50. The molecule has 0 atom stereocenters. The van der Waals surface area contributed by atoms with Crippen LogP contribution in [0.15, 0.2) is 0 Å².